The van der Waals surface area contributed by atoms with E-state index in [0.29, 0.717) is 15.2 Å². The minimum atomic E-state index is -0.981. The van der Waals surface area contributed by atoms with Crippen LogP contribution in [0.4, 0.5) is 5.69 Å². The zero-order valence-electron chi connectivity index (χ0n) is 10.5. The second-order valence-electron chi connectivity index (χ2n) is 3.80. The SMILES string of the molecule is COC(CC(Nc1ccc(Cl)c(Br)c1)C(=O)O)OC. The van der Waals surface area contributed by atoms with Crippen LogP contribution in [-0.2, 0) is 14.3 Å². The average Bonchev–Trinajstić information content (AvgIpc) is 2.38. The third-order valence-corrected chi connectivity index (χ3v) is 3.73. The Kier molecular flexibility index (Phi) is 6.57. The van der Waals surface area contributed by atoms with Gasteiger partial charge in [0.1, 0.15) is 6.04 Å². The number of nitrogens with one attached hydrogen (secondary N) is 1. The van der Waals surface area contributed by atoms with Gasteiger partial charge in [-0.25, -0.2) is 4.79 Å². The van der Waals surface area contributed by atoms with Gasteiger partial charge in [-0.2, -0.15) is 0 Å². The molecule has 1 atom stereocenters. The van der Waals surface area contributed by atoms with Crippen molar-refractivity contribution in [2.45, 2.75) is 18.8 Å². The summed E-state index contributed by atoms with van der Waals surface area (Å²) in [6.45, 7) is 0. The number of carbonyl (C=O) groups is 1. The Morgan fingerprint density at radius 3 is 2.58 bits per heavy atom. The molecule has 19 heavy (non-hydrogen) atoms. The van der Waals surface area contributed by atoms with Crippen LogP contribution in [0, 0.1) is 0 Å². The largest absolute Gasteiger partial charge is 0.480 e. The first-order valence-corrected chi connectivity index (χ1v) is 6.65. The van der Waals surface area contributed by atoms with Crippen LogP contribution in [-0.4, -0.2) is 37.6 Å². The van der Waals surface area contributed by atoms with E-state index in [1.165, 1.54) is 14.2 Å². The number of ether oxygens (including phenoxy) is 2. The van der Waals surface area contributed by atoms with Gasteiger partial charge in [0.25, 0.3) is 0 Å². The summed E-state index contributed by atoms with van der Waals surface area (Å²) in [6.07, 6.45) is -0.396. The third kappa shape index (κ3) is 4.99. The first-order chi connectivity index (χ1) is 8.97. The fourth-order valence-corrected chi connectivity index (χ4v) is 1.99. The highest BCUT2D eigenvalue weighted by molar-refractivity contribution is 9.10. The van der Waals surface area contributed by atoms with Crippen molar-refractivity contribution in [2.75, 3.05) is 19.5 Å². The van der Waals surface area contributed by atoms with Gasteiger partial charge >= 0.3 is 5.97 Å². The van der Waals surface area contributed by atoms with Gasteiger partial charge in [0.15, 0.2) is 6.29 Å². The lowest BCUT2D eigenvalue weighted by molar-refractivity contribution is -0.144. The highest BCUT2D eigenvalue weighted by Crippen LogP contribution is 2.26. The molecule has 0 bridgehead atoms. The van der Waals surface area contributed by atoms with Gasteiger partial charge in [-0.3, -0.25) is 0 Å². The molecule has 0 aliphatic carbocycles. The van der Waals surface area contributed by atoms with E-state index in [0.717, 1.165) is 0 Å². The van der Waals surface area contributed by atoms with Crippen molar-refractivity contribution in [1.82, 2.24) is 0 Å². The van der Waals surface area contributed by atoms with E-state index in [4.69, 9.17) is 21.1 Å². The molecular weight excluding hydrogens is 337 g/mol. The van der Waals surface area contributed by atoms with Crippen molar-refractivity contribution in [3.8, 4) is 0 Å². The summed E-state index contributed by atoms with van der Waals surface area (Å²) in [5.74, 6) is -0.981. The molecule has 0 aliphatic heterocycles. The summed E-state index contributed by atoms with van der Waals surface area (Å²) < 4.78 is 10.7. The van der Waals surface area contributed by atoms with Gasteiger partial charge < -0.3 is 19.9 Å². The lowest BCUT2D eigenvalue weighted by Gasteiger charge is -2.20. The van der Waals surface area contributed by atoms with E-state index in [1.54, 1.807) is 18.2 Å². The van der Waals surface area contributed by atoms with Crippen molar-refractivity contribution in [1.29, 1.82) is 0 Å². The smallest absolute Gasteiger partial charge is 0.326 e. The van der Waals surface area contributed by atoms with Crippen LogP contribution < -0.4 is 5.32 Å². The van der Waals surface area contributed by atoms with Gasteiger partial charge in [0.05, 0.1) is 5.02 Å². The van der Waals surface area contributed by atoms with Gasteiger partial charge in [0, 0.05) is 30.8 Å². The quantitative estimate of drug-likeness (QED) is 0.739. The molecule has 2 N–H and O–H groups in total. The minimum absolute atomic E-state index is 0.183. The molecule has 1 rings (SSSR count). The van der Waals surface area contributed by atoms with Gasteiger partial charge in [-0.05, 0) is 34.1 Å². The number of anilines is 1. The number of hydrogen-bond acceptors (Lipinski definition) is 4. The Balaban J connectivity index is 2.77. The summed E-state index contributed by atoms with van der Waals surface area (Å²) in [6, 6.07) is 4.28. The monoisotopic (exact) mass is 351 g/mol. The molecule has 1 unspecified atom stereocenters. The zero-order valence-corrected chi connectivity index (χ0v) is 12.9. The molecule has 0 spiro atoms. The van der Waals surface area contributed by atoms with E-state index >= 15 is 0 Å². The molecule has 0 aliphatic rings. The number of halogens is 2. The molecule has 0 saturated heterocycles. The Morgan fingerprint density at radius 2 is 2.11 bits per heavy atom. The molecule has 106 valence electrons. The zero-order chi connectivity index (χ0) is 14.4. The molecule has 0 aromatic heterocycles. The number of carboxylic acid groups (broad SMARTS) is 1. The van der Waals surface area contributed by atoms with Crippen LogP contribution in [0.25, 0.3) is 0 Å². The van der Waals surface area contributed by atoms with Crippen molar-refractivity contribution in [3.63, 3.8) is 0 Å². The number of methoxy groups -OCH3 is 2. The molecular formula is C12H15BrClNO4. The van der Waals surface area contributed by atoms with Crippen molar-refractivity contribution in [3.05, 3.63) is 27.7 Å². The van der Waals surface area contributed by atoms with E-state index < -0.39 is 18.3 Å². The van der Waals surface area contributed by atoms with Crippen LogP contribution in [0.1, 0.15) is 6.42 Å². The molecule has 1 aromatic rings. The lowest BCUT2D eigenvalue weighted by atomic mass is 10.2. The van der Waals surface area contributed by atoms with Crippen LogP contribution >= 0.6 is 27.5 Å². The maximum Gasteiger partial charge on any atom is 0.326 e. The molecule has 0 heterocycles. The Morgan fingerprint density at radius 1 is 1.47 bits per heavy atom. The fourth-order valence-electron chi connectivity index (χ4n) is 1.49. The summed E-state index contributed by atoms with van der Waals surface area (Å²) in [5.41, 5.74) is 0.648. The maximum absolute atomic E-state index is 11.2. The molecule has 0 saturated carbocycles. The summed E-state index contributed by atoms with van der Waals surface area (Å²) in [7, 11) is 2.93. The number of hydrogen-bond donors (Lipinski definition) is 2. The van der Waals surface area contributed by atoms with Gasteiger partial charge in [-0.15, -0.1) is 0 Å². The number of benzene rings is 1. The molecule has 0 amide bonds. The molecule has 0 fully saturated rings. The van der Waals surface area contributed by atoms with E-state index in [-0.39, 0.29) is 6.42 Å². The summed E-state index contributed by atoms with van der Waals surface area (Å²) in [5, 5.41) is 12.6. The summed E-state index contributed by atoms with van der Waals surface area (Å²) in [4.78, 5) is 11.2. The number of carboxylic acids is 1. The second-order valence-corrected chi connectivity index (χ2v) is 5.06. The third-order valence-electron chi connectivity index (χ3n) is 2.51. The fraction of sp³-hybridized carbons (Fsp3) is 0.417. The lowest BCUT2D eigenvalue weighted by Crippen LogP contribution is -2.34. The normalized spacial score (nSPS) is 12.5. The van der Waals surface area contributed by atoms with Crippen LogP contribution in [0.3, 0.4) is 0 Å². The van der Waals surface area contributed by atoms with Crippen LogP contribution in [0.5, 0.6) is 0 Å². The molecule has 5 nitrogen and oxygen atoms in total. The Bertz CT molecular complexity index is 440. The van der Waals surface area contributed by atoms with E-state index in [9.17, 15) is 9.90 Å². The van der Waals surface area contributed by atoms with E-state index in [2.05, 4.69) is 21.2 Å². The molecule has 1 aromatic carbocycles. The standard InChI is InChI=1S/C12H15BrClNO4/c1-18-11(19-2)6-10(12(16)17)15-7-3-4-9(14)8(13)5-7/h3-5,10-11,15H,6H2,1-2H3,(H,16,17). The van der Waals surface area contributed by atoms with Crippen molar-refractivity contribution in [2.24, 2.45) is 0 Å². The Hall–Kier alpha value is -0.820. The van der Waals surface area contributed by atoms with Crippen LogP contribution in [0.15, 0.2) is 22.7 Å². The maximum atomic E-state index is 11.2. The molecule has 0 radical (unpaired) electrons. The van der Waals surface area contributed by atoms with Crippen LogP contribution in [0.2, 0.25) is 5.02 Å². The predicted octanol–water partition coefficient (Wildman–Crippen LogP) is 2.98. The summed E-state index contributed by atoms with van der Waals surface area (Å²) >= 11 is 9.16. The minimum Gasteiger partial charge on any atom is -0.480 e. The topological polar surface area (TPSA) is 67.8 Å². The second kappa shape index (κ2) is 7.69. The highest BCUT2D eigenvalue weighted by atomic mass is 79.9. The first-order valence-electron chi connectivity index (χ1n) is 5.48. The number of rotatable bonds is 7. The molecule has 7 heteroatoms. The highest BCUT2D eigenvalue weighted by Gasteiger charge is 2.22. The van der Waals surface area contributed by atoms with Crippen molar-refractivity contribution >= 4 is 39.2 Å². The number of aliphatic carboxylic acids is 1. The van der Waals surface area contributed by atoms with Gasteiger partial charge in [-0.1, -0.05) is 11.6 Å². The predicted molar refractivity (Wildman–Crippen MR) is 76.6 cm³/mol. The van der Waals surface area contributed by atoms with Crippen molar-refractivity contribution < 1.29 is 19.4 Å². The van der Waals surface area contributed by atoms with Gasteiger partial charge in [0.2, 0.25) is 0 Å². The first kappa shape index (κ1) is 16.2. The average molecular weight is 353 g/mol. The Labute approximate surface area is 125 Å². The van der Waals surface area contributed by atoms with E-state index in [1.807, 2.05) is 0 Å².